The molecule has 0 bridgehead atoms. The van der Waals surface area contributed by atoms with E-state index >= 15 is 0 Å². The zero-order valence-electron chi connectivity index (χ0n) is 21.0. The molecule has 5 N–H and O–H groups in total. The van der Waals surface area contributed by atoms with Gasteiger partial charge in [0.2, 0.25) is 17.7 Å². The van der Waals surface area contributed by atoms with Crippen molar-refractivity contribution in [3.05, 3.63) is 65.7 Å². The first-order chi connectivity index (χ1) is 16.9. The minimum atomic E-state index is -1.35. The Hall–Kier alpha value is -4.08. The molecule has 0 radical (unpaired) electrons. The lowest BCUT2D eigenvalue weighted by atomic mass is 10.0. The van der Waals surface area contributed by atoms with E-state index in [0.717, 1.165) is 5.56 Å². The number of primary amides is 1. The second-order valence-electron chi connectivity index (χ2n) is 9.19. The molecule has 0 fully saturated rings. The predicted octanol–water partition coefficient (Wildman–Crippen LogP) is 2.37. The molecule has 36 heavy (non-hydrogen) atoms. The number of hydrogen-bond acceptors (Lipinski definition) is 6. The Labute approximate surface area is 210 Å². The van der Waals surface area contributed by atoms with Gasteiger partial charge >= 0.3 is 6.09 Å². The van der Waals surface area contributed by atoms with Crippen molar-refractivity contribution in [2.24, 2.45) is 5.73 Å². The second-order valence-corrected chi connectivity index (χ2v) is 9.19. The van der Waals surface area contributed by atoms with E-state index < -0.39 is 47.9 Å². The molecule has 0 aromatic heterocycles. The molecular formula is C26H34N4O6. The van der Waals surface area contributed by atoms with Crippen LogP contribution in [0.5, 0.6) is 5.75 Å². The molecule has 0 aliphatic rings. The Morgan fingerprint density at radius 1 is 1.03 bits per heavy atom. The number of nitrogens with two attached hydrogens (primary N) is 1. The number of likely N-dealkylation sites (N-methyl/N-ethyl adjacent to an activating group) is 1. The molecule has 2 atom stereocenters. The standard InChI is InChI=1S/C26H34N4O6/c1-5-30(24(34)20(15-21(27)32)29-25(35)36-26(2,3)4)22(18-11-13-19(31)14-12-18)23(33)28-16-17-9-7-6-8-10-17/h6-14,20,22,31H,5,15-16H2,1-4H3,(H2,27,32)(H,28,33)(H,29,35). The zero-order valence-corrected chi connectivity index (χ0v) is 21.0. The van der Waals surface area contributed by atoms with E-state index in [1.807, 2.05) is 30.3 Å². The largest absolute Gasteiger partial charge is 0.508 e. The molecule has 0 aliphatic carbocycles. The van der Waals surface area contributed by atoms with Gasteiger partial charge in [0.1, 0.15) is 23.4 Å². The Morgan fingerprint density at radius 3 is 2.17 bits per heavy atom. The molecule has 0 heterocycles. The maximum Gasteiger partial charge on any atom is 0.408 e. The third-order valence-corrected chi connectivity index (χ3v) is 5.10. The van der Waals surface area contributed by atoms with Crippen LogP contribution in [0.4, 0.5) is 4.79 Å². The summed E-state index contributed by atoms with van der Waals surface area (Å²) < 4.78 is 5.23. The number of nitrogens with one attached hydrogen (secondary N) is 2. The lowest BCUT2D eigenvalue weighted by molar-refractivity contribution is -0.143. The number of hydrogen-bond donors (Lipinski definition) is 4. The smallest absolute Gasteiger partial charge is 0.408 e. The summed E-state index contributed by atoms with van der Waals surface area (Å²) in [6.45, 7) is 6.95. The number of carbonyl (C=O) groups is 4. The molecule has 2 unspecified atom stereocenters. The topological polar surface area (TPSA) is 151 Å². The van der Waals surface area contributed by atoms with Crippen LogP contribution in [0.25, 0.3) is 0 Å². The summed E-state index contributed by atoms with van der Waals surface area (Å²) in [5, 5.41) is 15.0. The van der Waals surface area contributed by atoms with Crippen molar-refractivity contribution in [1.82, 2.24) is 15.5 Å². The van der Waals surface area contributed by atoms with Gasteiger partial charge in [-0.25, -0.2) is 4.79 Å². The van der Waals surface area contributed by atoms with Gasteiger partial charge in [0, 0.05) is 13.1 Å². The van der Waals surface area contributed by atoms with Crippen molar-refractivity contribution >= 4 is 23.8 Å². The summed E-state index contributed by atoms with van der Waals surface area (Å²) in [6.07, 6.45) is -1.38. The molecule has 0 aliphatic heterocycles. The van der Waals surface area contributed by atoms with Crippen LogP contribution in [-0.2, 0) is 25.7 Å². The van der Waals surface area contributed by atoms with E-state index in [9.17, 15) is 24.3 Å². The first-order valence-corrected chi connectivity index (χ1v) is 11.6. The number of aromatic hydroxyl groups is 1. The summed E-state index contributed by atoms with van der Waals surface area (Å²) in [5.74, 6) is -1.98. The van der Waals surface area contributed by atoms with E-state index in [-0.39, 0.29) is 18.8 Å². The fourth-order valence-electron chi connectivity index (χ4n) is 3.53. The second kappa shape index (κ2) is 12.6. The normalized spacial score (nSPS) is 12.7. The van der Waals surface area contributed by atoms with Crippen LogP contribution in [0.2, 0.25) is 0 Å². The molecule has 2 aromatic rings. The van der Waals surface area contributed by atoms with E-state index in [2.05, 4.69) is 10.6 Å². The summed E-state index contributed by atoms with van der Waals surface area (Å²) in [5.41, 5.74) is 5.81. The molecule has 194 valence electrons. The lowest BCUT2D eigenvalue weighted by Gasteiger charge is -2.33. The van der Waals surface area contributed by atoms with E-state index in [1.54, 1.807) is 27.7 Å². The quantitative estimate of drug-likeness (QED) is 0.395. The van der Waals surface area contributed by atoms with Gasteiger partial charge in [0.05, 0.1) is 6.42 Å². The van der Waals surface area contributed by atoms with Crippen molar-refractivity contribution in [1.29, 1.82) is 0 Å². The highest BCUT2D eigenvalue weighted by Gasteiger charge is 2.36. The Balaban J connectivity index is 2.37. The molecule has 0 saturated heterocycles. The third-order valence-electron chi connectivity index (χ3n) is 5.10. The number of alkyl carbamates (subject to hydrolysis) is 1. The van der Waals surface area contributed by atoms with Crippen LogP contribution in [0.1, 0.15) is 51.3 Å². The Kier molecular flexibility index (Phi) is 9.83. The van der Waals surface area contributed by atoms with Gasteiger partial charge in [-0.05, 0) is 51.0 Å². The van der Waals surface area contributed by atoms with E-state index in [1.165, 1.54) is 29.2 Å². The van der Waals surface area contributed by atoms with Gasteiger partial charge in [0.15, 0.2) is 0 Å². The predicted molar refractivity (Wildman–Crippen MR) is 133 cm³/mol. The van der Waals surface area contributed by atoms with E-state index in [0.29, 0.717) is 5.56 Å². The highest BCUT2D eigenvalue weighted by molar-refractivity contribution is 5.94. The van der Waals surface area contributed by atoms with Gasteiger partial charge in [0.25, 0.3) is 0 Å². The number of ether oxygens (including phenoxy) is 1. The number of phenols is 1. The van der Waals surface area contributed by atoms with Gasteiger partial charge in [-0.2, -0.15) is 0 Å². The summed E-state index contributed by atoms with van der Waals surface area (Å²) in [7, 11) is 0. The van der Waals surface area contributed by atoms with Gasteiger partial charge in [-0.1, -0.05) is 42.5 Å². The molecule has 0 saturated carbocycles. The highest BCUT2D eigenvalue weighted by atomic mass is 16.6. The van der Waals surface area contributed by atoms with Crippen molar-refractivity contribution in [2.75, 3.05) is 6.54 Å². The van der Waals surface area contributed by atoms with Crippen LogP contribution in [0.15, 0.2) is 54.6 Å². The Bertz CT molecular complexity index is 1050. The van der Waals surface area contributed by atoms with Crippen LogP contribution in [0, 0.1) is 0 Å². The molecule has 10 heteroatoms. The highest BCUT2D eigenvalue weighted by Crippen LogP contribution is 2.25. The number of phenolic OH excluding ortho intramolecular Hbond substituents is 1. The van der Waals surface area contributed by atoms with Crippen LogP contribution in [-0.4, -0.2) is 52.0 Å². The Morgan fingerprint density at radius 2 is 1.64 bits per heavy atom. The van der Waals surface area contributed by atoms with Crippen molar-refractivity contribution in [2.45, 2.75) is 58.3 Å². The first-order valence-electron chi connectivity index (χ1n) is 11.6. The average molecular weight is 499 g/mol. The van der Waals surface area contributed by atoms with Crippen LogP contribution >= 0.6 is 0 Å². The summed E-state index contributed by atoms with van der Waals surface area (Å²) in [6, 6.07) is 12.7. The number of rotatable bonds is 10. The number of nitrogens with zero attached hydrogens (tertiary/aromatic N) is 1. The minimum absolute atomic E-state index is 0.00485. The molecule has 10 nitrogen and oxygen atoms in total. The maximum atomic E-state index is 13.6. The lowest BCUT2D eigenvalue weighted by Crippen LogP contribution is -2.54. The van der Waals surface area contributed by atoms with Crippen molar-refractivity contribution in [3.63, 3.8) is 0 Å². The fraction of sp³-hybridized carbons (Fsp3) is 0.385. The van der Waals surface area contributed by atoms with E-state index in [4.69, 9.17) is 10.5 Å². The number of amides is 4. The number of benzene rings is 2. The monoisotopic (exact) mass is 498 g/mol. The molecule has 0 spiro atoms. The minimum Gasteiger partial charge on any atom is -0.508 e. The summed E-state index contributed by atoms with van der Waals surface area (Å²) in [4.78, 5) is 52.3. The van der Waals surface area contributed by atoms with Gasteiger partial charge < -0.3 is 31.1 Å². The first kappa shape index (κ1) is 28.2. The molecular weight excluding hydrogens is 464 g/mol. The number of carbonyl (C=O) groups excluding carboxylic acids is 4. The van der Waals surface area contributed by atoms with Gasteiger partial charge in [-0.3, -0.25) is 14.4 Å². The molecule has 4 amide bonds. The van der Waals surface area contributed by atoms with Crippen molar-refractivity contribution < 1.29 is 29.0 Å². The maximum absolute atomic E-state index is 13.6. The van der Waals surface area contributed by atoms with Crippen LogP contribution < -0.4 is 16.4 Å². The molecule has 2 aromatic carbocycles. The average Bonchev–Trinajstić information content (AvgIpc) is 2.80. The fourth-order valence-corrected chi connectivity index (χ4v) is 3.53. The molecule has 2 rings (SSSR count). The third kappa shape index (κ3) is 8.61. The van der Waals surface area contributed by atoms with Crippen molar-refractivity contribution in [3.8, 4) is 5.75 Å². The zero-order chi connectivity index (χ0) is 26.9. The summed E-state index contributed by atoms with van der Waals surface area (Å²) >= 11 is 0. The van der Waals surface area contributed by atoms with Gasteiger partial charge in [-0.15, -0.1) is 0 Å². The SMILES string of the molecule is CCN(C(=O)C(CC(N)=O)NC(=O)OC(C)(C)C)C(C(=O)NCc1ccccc1)c1ccc(O)cc1. The van der Waals surface area contributed by atoms with Crippen LogP contribution in [0.3, 0.4) is 0 Å².